The molecule has 0 radical (unpaired) electrons. The number of amides is 1. The minimum Gasteiger partial charge on any atom is -0.465 e. The lowest BCUT2D eigenvalue weighted by molar-refractivity contribution is -0.156. The van der Waals surface area contributed by atoms with Crippen LogP contribution in [0.3, 0.4) is 0 Å². The number of rotatable bonds is 11. The van der Waals surface area contributed by atoms with Crippen LogP contribution in [0.5, 0.6) is 0 Å². The Hall–Kier alpha value is -4.01. The summed E-state index contributed by atoms with van der Waals surface area (Å²) in [6, 6.07) is 22.4. The molecule has 1 amide bonds. The molecule has 0 aliphatic rings. The van der Waals surface area contributed by atoms with Crippen molar-refractivity contribution < 1.29 is 34.1 Å². The number of benzene rings is 3. The Balaban J connectivity index is 1.55. The van der Waals surface area contributed by atoms with Crippen LogP contribution < -0.4 is 5.32 Å². The molecule has 0 saturated carbocycles. The first-order valence-corrected chi connectivity index (χ1v) is 11.5. The van der Waals surface area contributed by atoms with Crippen molar-refractivity contribution >= 4 is 23.5 Å². The van der Waals surface area contributed by atoms with E-state index in [2.05, 4.69) is 10.1 Å². The number of esters is 2. The number of nitrogens with one attached hydrogen (secondary N) is 1. The van der Waals surface area contributed by atoms with Gasteiger partial charge in [0.2, 0.25) is 0 Å². The van der Waals surface area contributed by atoms with Gasteiger partial charge in [0.05, 0.1) is 25.4 Å². The summed E-state index contributed by atoms with van der Waals surface area (Å²) in [4.78, 5) is 36.7. The number of hydrogen-bond acceptors (Lipinski definition) is 7. The van der Waals surface area contributed by atoms with Crippen molar-refractivity contribution in [2.45, 2.75) is 25.6 Å². The number of methoxy groups -OCH3 is 1. The third kappa shape index (κ3) is 7.49. The van der Waals surface area contributed by atoms with Crippen LogP contribution >= 0.6 is 0 Å². The van der Waals surface area contributed by atoms with Crippen LogP contribution in [0.2, 0.25) is 0 Å². The van der Waals surface area contributed by atoms with Gasteiger partial charge in [-0.25, -0.2) is 4.79 Å². The Bertz CT molecular complexity index is 1180. The average Bonchev–Trinajstić information content (AvgIpc) is 2.91. The quantitative estimate of drug-likeness (QED) is 0.352. The molecular formula is C28H29NO7. The van der Waals surface area contributed by atoms with E-state index in [4.69, 9.17) is 4.74 Å². The molecule has 0 fully saturated rings. The molecule has 3 N–H and O–H groups in total. The van der Waals surface area contributed by atoms with Crippen molar-refractivity contribution in [1.82, 2.24) is 0 Å². The van der Waals surface area contributed by atoms with E-state index in [-0.39, 0.29) is 24.5 Å². The number of carbonyl (C=O) groups excluding carboxylic acids is 3. The molecular weight excluding hydrogens is 462 g/mol. The zero-order valence-corrected chi connectivity index (χ0v) is 19.9. The number of hydrogen-bond donors (Lipinski definition) is 3. The Morgan fingerprint density at radius 2 is 1.58 bits per heavy atom. The summed E-state index contributed by atoms with van der Waals surface area (Å²) in [5.74, 6) is -2.64. The lowest BCUT2D eigenvalue weighted by atomic mass is 9.96. The van der Waals surface area contributed by atoms with Gasteiger partial charge in [-0.3, -0.25) is 9.59 Å². The number of carbonyl (C=O) groups is 3. The van der Waals surface area contributed by atoms with E-state index in [9.17, 15) is 24.6 Å². The summed E-state index contributed by atoms with van der Waals surface area (Å²) in [6.45, 7) is -0.470. The molecule has 8 heteroatoms. The summed E-state index contributed by atoms with van der Waals surface area (Å²) >= 11 is 0. The largest absolute Gasteiger partial charge is 0.465 e. The van der Waals surface area contributed by atoms with E-state index in [0.29, 0.717) is 17.7 Å². The van der Waals surface area contributed by atoms with Crippen molar-refractivity contribution in [2.75, 3.05) is 19.0 Å². The van der Waals surface area contributed by atoms with E-state index in [1.165, 1.54) is 13.2 Å². The second-order valence-electron chi connectivity index (χ2n) is 8.22. The van der Waals surface area contributed by atoms with Crippen LogP contribution in [-0.4, -0.2) is 47.9 Å². The molecule has 2 atom stereocenters. The zero-order valence-electron chi connectivity index (χ0n) is 19.9. The van der Waals surface area contributed by atoms with Gasteiger partial charge in [0.1, 0.15) is 12.5 Å². The van der Waals surface area contributed by atoms with Crippen molar-refractivity contribution in [3.05, 3.63) is 101 Å². The first kappa shape index (κ1) is 26.6. The van der Waals surface area contributed by atoms with Gasteiger partial charge in [0, 0.05) is 11.3 Å². The summed E-state index contributed by atoms with van der Waals surface area (Å²) in [5, 5.41) is 23.0. The maximum Gasteiger partial charge on any atom is 0.337 e. The van der Waals surface area contributed by atoms with Crippen LogP contribution in [0, 0.1) is 5.92 Å². The van der Waals surface area contributed by atoms with Crippen LogP contribution in [0.4, 0.5) is 5.69 Å². The van der Waals surface area contributed by atoms with Gasteiger partial charge in [-0.2, -0.15) is 0 Å². The maximum absolute atomic E-state index is 12.6. The van der Waals surface area contributed by atoms with Crippen LogP contribution in [-0.2, 0) is 27.3 Å². The molecule has 3 rings (SSSR count). The summed E-state index contributed by atoms with van der Waals surface area (Å²) in [6.07, 6.45) is -0.479. The third-order valence-electron chi connectivity index (χ3n) is 5.65. The smallest absolute Gasteiger partial charge is 0.337 e. The predicted octanol–water partition coefficient (Wildman–Crippen LogP) is 3.37. The van der Waals surface area contributed by atoms with Crippen molar-refractivity contribution in [3.63, 3.8) is 0 Å². The van der Waals surface area contributed by atoms with Crippen molar-refractivity contribution in [1.29, 1.82) is 0 Å². The lowest BCUT2D eigenvalue weighted by Gasteiger charge is -2.20. The van der Waals surface area contributed by atoms with E-state index >= 15 is 0 Å². The van der Waals surface area contributed by atoms with Gasteiger partial charge in [0.15, 0.2) is 0 Å². The normalized spacial score (nSPS) is 12.3. The first-order chi connectivity index (χ1) is 17.4. The second-order valence-corrected chi connectivity index (χ2v) is 8.22. The highest BCUT2D eigenvalue weighted by atomic mass is 16.5. The highest BCUT2D eigenvalue weighted by Crippen LogP contribution is 2.18. The molecule has 0 aliphatic carbocycles. The highest BCUT2D eigenvalue weighted by Gasteiger charge is 2.27. The average molecular weight is 492 g/mol. The monoisotopic (exact) mass is 491 g/mol. The van der Waals surface area contributed by atoms with Gasteiger partial charge in [-0.1, -0.05) is 48.5 Å². The fourth-order valence-corrected chi connectivity index (χ4v) is 3.62. The van der Waals surface area contributed by atoms with Crippen molar-refractivity contribution in [3.8, 4) is 0 Å². The molecule has 36 heavy (non-hydrogen) atoms. The molecule has 0 unspecified atom stereocenters. The molecule has 188 valence electrons. The molecule has 0 saturated heterocycles. The summed E-state index contributed by atoms with van der Waals surface area (Å²) in [5.41, 5.74) is 2.75. The third-order valence-corrected chi connectivity index (χ3v) is 5.65. The van der Waals surface area contributed by atoms with Gasteiger partial charge < -0.3 is 25.0 Å². The molecule has 3 aromatic rings. The first-order valence-electron chi connectivity index (χ1n) is 11.5. The Kier molecular flexibility index (Phi) is 9.73. The minimum absolute atomic E-state index is 0.0627. The second kappa shape index (κ2) is 13.2. The van der Waals surface area contributed by atoms with Gasteiger partial charge in [-0.15, -0.1) is 0 Å². The number of aliphatic hydroxyl groups excluding tert-OH is 2. The van der Waals surface area contributed by atoms with Gasteiger partial charge >= 0.3 is 11.9 Å². The van der Waals surface area contributed by atoms with Crippen LogP contribution in [0.15, 0.2) is 78.9 Å². The molecule has 0 aliphatic heterocycles. The fraction of sp³-hybridized carbons (Fsp3) is 0.250. The topological polar surface area (TPSA) is 122 Å². The molecule has 0 bridgehead atoms. The Labute approximate surface area is 209 Å². The van der Waals surface area contributed by atoms with E-state index in [1.54, 1.807) is 36.4 Å². The van der Waals surface area contributed by atoms with Gasteiger partial charge in [-0.05, 0) is 54.3 Å². The SMILES string of the molecule is COC(=O)c1cccc(C(=O)Nc2cccc(CC[C@@H](O)[C@@H](CO)C(=O)OCc3ccccc3)c2)c1. The Morgan fingerprint density at radius 1 is 0.889 bits per heavy atom. The van der Waals surface area contributed by atoms with Crippen LogP contribution in [0.1, 0.15) is 38.3 Å². The van der Waals surface area contributed by atoms with Gasteiger partial charge in [0.25, 0.3) is 5.91 Å². The fourth-order valence-electron chi connectivity index (χ4n) is 3.62. The van der Waals surface area contributed by atoms with E-state index in [1.807, 2.05) is 36.4 Å². The maximum atomic E-state index is 12.6. The van der Waals surface area contributed by atoms with E-state index in [0.717, 1.165) is 11.1 Å². The highest BCUT2D eigenvalue weighted by molar-refractivity contribution is 6.05. The summed E-state index contributed by atoms with van der Waals surface area (Å²) < 4.78 is 9.94. The van der Waals surface area contributed by atoms with E-state index < -0.39 is 30.6 Å². The summed E-state index contributed by atoms with van der Waals surface area (Å²) in [7, 11) is 1.27. The standard InChI is InChI=1S/C28H29NO7/c1-35-27(33)22-11-6-10-21(16-22)26(32)29-23-12-5-9-19(15-23)13-14-25(31)24(17-30)28(34)36-18-20-7-3-2-4-8-20/h2-12,15-16,24-25,30-31H,13-14,17-18H2,1H3,(H,29,32)/t24-,25-/m1/s1. The van der Waals surface area contributed by atoms with Crippen molar-refractivity contribution in [2.24, 2.45) is 5.92 Å². The zero-order chi connectivity index (χ0) is 25.9. The minimum atomic E-state index is -1.10. The predicted molar refractivity (Wildman–Crippen MR) is 133 cm³/mol. The van der Waals surface area contributed by atoms with Crippen LogP contribution in [0.25, 0.3) is 0 Å². The lowest BCUT2D eigenvalue weighted by Crippen LogP contribution is -2.33. The molecule has 0 spiro atoms. The number of aliphatic hydroxyl groups is 2. The Morgan fingerprint density at radius 3 is 2.31 bits per heavy atom. The molecule has 0 aromatic heterocycles. The number of anilines is 1. The number of ether oxygens (including phenoxy) is 2. The number of aryl methyl sites for hydroxylation is 1. The molecule has 8 nitrogen and oxygen atoms in total. The molecule has 3 aromatic carbocycles. The molecule has 0 heterocycles.